The van der Waals surface area contributed by atoms with Crippen LogP contribution in [0.15, 0.2) is 6.20 Å². The van der Waals surface area contributed by atoms with Crippen molar-refractivity contribution in [2.75, 3.05) is 13.1 Å². The van der Waals surface area contributed by atoms with Crippen molar-refractivity contribution in [1.82, 2.24) is 19.9 Å². The van der Waals surface area contributed by atoms with Crippen molar-refractivity contribution in [3.8, 4) is 0 Å². The lowest BCUT2D eigenvalue weighted by Crippen LogP contribution is -2.53. The van der Waals surface area contributed by atoms with Gasteiger partial charge in [-0.15, -0.1) is 5.10 Å². The van der Waals surface area contributed by atoms with Crippen LogP contribution >= 0.6 is 0 Å². The van der Waals surface area contributed by atoms with Gasteiger partial charge in [0.15, 0.2) is 0 Å². The molecule has 18 heavy (non-hydrogen) atoms. The van der Waals surface area contributed by atoms with Crippen molar-refractivity contribution < 1.29 is 0 Å². The first-order chi connectivity index (χ1) is 8.90. The van der Waals surface area contributed by atoms with E-state index >= 15 is 0 Å². The summed E-state index contributed by atoms with van der Waals surface area (Å²) in [6, 6.07) is 1.45. The molecule has 3 aliphatic rings. The minimum absolute atomic E-state index is 0.590. The van der Waals surface area contributed by atoms with Gasteiger partial charge in [0.2, 0.25) is 0 Å². The first kappa shape index (κ1) is 11.0. The number of hydrogen-bond donors (Lipinski definition) is 0. The Morgan fingerprint density at radius 3 is 2.44 bits per heavy atom. The molecule has 0 N–H and O–H groups in total. The molecule has 2 aliphatic carbocycles. The van der Waals surface area contributed by atoms with Gasteiger partial charge in [0.05, 0.1) is 11.7 Å². The van der Waals surface area contributed by atoms with E-state index in [9.17, 15) is 0 Å². The predicted molar refractivity (Wildman–Crippen MR) is 69.5 cm³/mol. The van der Waals surface area contributed by atoms with E-state index in [4.69, 9.17) is 0 Å². The monoisotopic (exact) mass is 246 g/mol. The Balaban J connectivity index is 1.34. The Hall–Kier alpha value is -0.900. The van der Waals surface area contributed by atoms with Crippen LogP contribution in [0, 0.1) is 0 Å². The van der Waals surface area contributed by atoms with Gasteiger partial charge in [-0.2, -0.15) is 0 Å². The summed E-state index contributed by atoms with van der Waals surface area (Å²) in [5.74, 6) is 0.730. The molecule has 4 nitrogen and oxygen atoms in total. The molecule has 0 amide bonds. The number of aromatic nitrogens is 3. The normalized spacial score (nSPS) is 27.3. The van der Waals surface area contributed by atoms with Gasteiger partial charge in [0, 0.05) is 31.2 Å². The Kier molecular flexibility index (Phi) is 2.64. The molecule has 4 heteroatoms. The molecule has 1 aromatic rings. The molecular weight excluding hydrogens is 224 g/mol. The maximum absolute atomic E-state index is 4.32. The van der Waals surface area contributed by atoms with Gasteiger partial charge in [-0.05, 0) is 25.7 Å². The van der Waals surface area contributed by atoms with Crippen LogP contribution in [-0.2, 0) is 0 Å². The molecule has 0 aromatic carbocycles. The van der Waals surface area contributed by atoms with Crippen molar-refractivity contribution in [3.05, 3.63) is 11.9 Å². The number of hydrogen-bond acceptors (Lipinski definition) is 3. The molecule has 2 saturated carbocycles. The van der Waals surface area contributed by atoms with E-state index in [1.54, 1.807) is 0 Å². The van der Waals surface area contributed by atoms with Crippen LogP contribution in [0.4, 0.5) is 0 Å². The third kappa shape index (κ3) is 1.96. The standard InChI is InChI=1S/C14H22N4/c1-2-4-12(5-3-1)17-8-13(9-17)18-10-14(15-16-18)11-6-7-11/h10-13H,1-9H2. The molecule has 0 spiro atoms. The first-order valence-electron chi connectivity index (χ1n) is 7.56. The summed E-state index contributed by atoms with van der Waals surface area (Å²) in [6.45, 7) is 2.39. The summed E-state index contributed by atoms with van der Waals surface area (Å²) in [5.41, 5.74) is 1.23. The molecule has 3 fully saturated rings. The lowest BCUT2D eigenvalue weighted by atomic mass is 9.91. The maximum atomic E-state index is 4.32. The highest BCUT2D eigenvalue weighted by atomic mass is 15.5. The van der Waals surface area contributed by atoms with E-state index in [1.807, 2.05) is 0 Å². The lowest BCUT2D eigenvalue weighted by Gasteiger charge is -2.45. The molecule has 98 valence electrons. The summed E-state index contributed by atoms with van der Waals surface area (Å²) in [7, 11) is 0. The molecule has 1 aliphatic heterocycles. The minimum Gasteiger partial charge on any atom is -0.296 e. The molecular formula is C14H22N4. The molecule has 1 saturated heterocycles. The van der Waals surface area contributed by atoms with Gasteiger partial charge in [-0.25, -0.2) is 4.68 Å². The second-order valence-electron chi connectivity index (χ2n) is 6.30. The van der Waals surface area contributed by atoms with E-state index in [0.29, 0.717) is 6.04 Å². The second kappa shape index (κ2) is 4.34. The van der Waals surface area contributed by atoms with Gasteiger partial charge in [0.1, 0.15) is 0 Å². The van der Waals surface area contributed by atoms with Gasteiger partial charge < -0.3 is 0 Å². The zero-order valence-corrected chi connectivity index (χ0v) is 11.0. The van der Waals surface area contributed by atoms with Crippen molar-refractivity contribution in [3.63, 3.8) is 0 Å². The average Bonchev–Trinajstić information content (AvgIpc) is 3.09. The van der Waals surface area contributed by atoms with Crippen LogP contribution in [0.5, 0.6) is 0 Å². The Morgan fingerprint density at radius 1 is 0.944 bits per heavy atom. The number of likely N-dealkylation sites (tertiary alicyclic amines) is 1. The predicted octanol–water partition coefficient (Wildman–Crippen LogP) is 2.34. The fourth-order valence-electron chi connectivity index (χ4n) is 3.43. The Morgan fingerprint density at radius 2 is 1.72 bits per heavy atom. The molecule has 0 bridgehead atoms. The fourth-order valence-corrected chi connectivity index (χ4v) is 3.43. The van der Waals surface area contributed by atoms with Crippen LogP contribution in [0.1, 0.15) is 62.6 Å². The maximum Gasteiger partial charge on any atom is 0.0858 e. The number of nitrogens with zero attached hydrogens (tertiary/aromatic N) is 4. The quantitative estimate of drug-likeness (QED) is 0.821. The molecule has 0 radical (unpaired) electrons. The zero-order chi connectivity index (χ0) is 11.9. The molecule has 1 aromatic heterocycles. The molecule has 4 rings (SSSR count). The smallest absolute Gasteiger partial charge is 0.0858 e. The molecule has 0 atom stereocenters. The zero-order valence-electron chi connectivity index (χ0n) is 11.0. The second-order valence-corrected chi connectivity index (χ2v) is 6.30. The van der Waals surface area contributed by atoms with Crippen LogP contribution in [-0.4, -0.2) is 39.0 Å². The third-order valence-corrected chi connectivity index (χ3v) is 4.88. The minimum atomic E-state index is 0.590. The highest BCUT2D eigenvalue weighted by Crippen LogP contribution is 2.39. The highest BCUT2D eigenvalue weighted by molar-refractivity contribution is 5.10. The van der Waals surface area contributed by atoms with E-state index in [-0.39, 0.29) is 0 Å². The van der Waals surface area contributed by atoms with E-state index in [0.717, 1.165) is 12.0 Å². The largest absolute Gasteiger partial charge is 0.296 e. The van der Waals surface area contributed by atoms with Crippen molar-refractivity contribution in [1.29, 1.82) is 0 Å². The fraction of sp³-hybridized carbons (Fsp3) is 0.857. The lowest BCUT2D eigenvalue weighted by molar-refractivity contribution is 0.0352. The van der Waals surface area contributed by atoms with Gasteiger partial charge in [0.25, 0.3) is 0 Å². The van der Waals surface area contributed by atoms with E-state index in [1.165, 1.54) is 63.7 Å². The Bertz CT molecular complexity index is 411. The average molecular weight is 246 g/mol. The summed E-state index contributed by atoms with van der Waals surface area (Å²) in [6.07, 6.45) is 12.0. The van der Waals surface area contributed by atoms with Crippen LogP contribution in [0.25, 0.3) is 0 Å². The summed E-state index contributed by atoms with van der Waals surface area (Å²) in [5, 5.41) is 8.63. The van der Waals surface area contributed by atoms with Crippen LogP contribution < -0.4 is 0 Å². The first-order valence-corrected chi connectivity index (χ1v) is 7.56. The van der Waals surface area contributed by atoms with Gasteiger partial charge >= 0.3 is 0 Å². The summed E-state index contributed by atoms with van der Waals surface area (Å²) in [4.78, 5) is 2.66. The van der Waals surface area contributed by atoms with Gasteiger partial charge in [-0.3, -0.25) is 4.90 Å². The summed E-state index contributed by atoms with van der Waals surface area (Å²) < 4.78 is 2.12. The van der Waals surface area contributed by atoms with Crippen molar-refractivity contribution >= 4 is 0 Å². The Labute approximate surface area is 108 Å². The highest BCUT2D eigenvalue weighted by Gasteiger charge is 2.35. The van der Waals surface area contributed by atoms with Crippen molar-refractivity contribution in [2.45, 2.75) is 62.9 Å². The van der Waals surface area contributed by atoms with Crippen LogP contribution in [0.3, 0.4) is 0 Å². The van der Waals surface area contributed by atoms with Crippen molar-refractivity contribution in [2.24, 2.45) is 0 Å². The van der Waals surface area contributed by atoms with E-state index in [2.05, 4.69) is 26.1 Å². The molecule has 0 unspecified atom stereocenters. The van der Waals surface area contributed by atoms with Gasteiger partial charge in [-0.1, -0.05) is 24.5 Å². The third-order valence-electron chi connectivity index (χ3n) is 4.88. The SMILES string of the molecule is c1c(C2CC2)nnn1C1CN(C2CCCCC2)C1. The summed E-state index contributed by atoms with van der Waals surface area (Å²) >= 11 is 0. The number of rotatable bonds is 3. The topological polar surface area (TPSA) is 34.0 Å². The van der Waals surface area contributed by atoms with Crippen LogP contribution in [0.2, 0.25) is 0 Å². The molecule has 2 heterocycles. The van der Waals surface area contributed by atoms with E-state index < -0.39 is 0 Å².